The van der Waals surface area contributed by atoms with Gasteiger partial charge in [0.2, 0.25) is 0 Å². The standard InChI is InChI=1S/C23H37N5O/c1-5-8-9-11-19(7-3)27-20(16-29)21(23(25)28-26-4)22(24)18-14-12-17(10-6-2)13-15-18/h12-16,19,24,26-27H,5-11H2,1-4H3,(H2,25,28)/b21-20+,24-22?. The number of hydrogen-bond acceptors (Lipinski definition) is 5. The number of carbonyl (C=O) groups excluding carboxylic acids is 1. The molecule has 0 heterocycles. The lowest BCUT2D eigenvalue weighted by atomic mass is 9.97. The molecule has 1 aromatic rings. The van der Waals surface area contributed by atoms with E-state index < -0.39 is 0 Å². The number of unbranched alkanes of at least 4 members (excludes halogenated alkanes) is 2. The fourth-order valence-electron chi connectivity index (χ4n) is 3.25. The molecular formula is C23H37N5O. The zero-order chi connectivity index (χ0) is 21.6. The van der Waals surface area contributed by atoms with Crippen molar-refractivity contribution >= 4 is 17.8 Å². The molecule has 6 heteroatoms. The van der Waals surface area contributed by atoms with Gasteiger partial charge in [-0.1, -0.05) is 70.7 Å². The van der Waals surface area contributed by atoms with Gasteiger partial charge >= 0.3 is 0 Å². The molecular weight excluding hydrogens is 362 g/mol. The number of allylic oxidation sites excluding steroid dienone is 1. The van der Waals surface area contributed by atoms with E-state index >= 15 is 0 Å². The summed E-state index contributed by atoms with van der Waals surface area (Å²) in [5.74, 6) is 0.119. The van der Waals surface area contributed by atoms with E-state index in [0.29, 0.717) is 16.8 Å². The van der Waals surface area contributed by atoms with E-state index in [2.05, 4.69) is 36.6 Å². The number of aldehydes is 1. The second-order valence-electron chi connectivity index (χ2n) is 7.19. The van der Waals surface area contributed by atoms with Crippen LogP contribution in [-0.2, 0) is 11.2 Å². The van der Waals surface area contributed by atoms with Crippen LogP contribution >= 0.6 is 0 Å². The lowest BCUT2D eigenvalue weighted by Gasteiger charge is -2.21. The number of nitrogens with one attached hydrogen (secondary N) is 3. The highest BCUT2D eigenvalue weighted by molar-refractivity contribution is 6.29. The Morgan fingerprint density at radius 1 is 1.17 bits per heavy atom. The minimum Gasteiger partial charge on any atom is -0.382 e. The highest BCUT2D eigenvalue weighted by Crippen LogP contribution is 2.15. The molecule has 1 rings (SSSR count). The maximum absolute atomic E-state index is 12.0. The first-order valence-electron chi connectivity index (χ1n) is 10.7. The molecule has 0 saturated carbocycles. The van der Waals surface area contributed by atoms with Gasteiger partial charge in [-0.25, -0.2) is 0 Å². The Kier molecular flexibility index (Phi) is 11.4. The van der Waals surface area contributed by atoms with Gasteiger partial charge in [-0.05, 0) is 24.8 Å². The number of hydrazone groups is 1. The van der Waals surface area contributed by atoms with Crippen LogP contribution < -0.4 is 16.5 Å². The SMILES string of the molecule is CCCCCC(CC)N/C(C=O)=C(C(=N)c1ccc(CCC)cc1)/C(N)=N\NC. The molecule has 0 saturated heterocycles. The van der Waals surface area contributed by atoms with Crippen molar-refractivity contribution in [2.45, 2.75) is 71.8 Å². The van der Waals surface area contributed by atoms with Gasteiger partial charge in [0, 0.05) is 18.7 Å². The molecule has 5 N–H and O–H groups in total. The third kappa shape index (κ3) is 7.72. The number of carbonyl (C=O) groups is 1. The monoisotopic (exact) mass is 399 g/mol. The molecule has 0 aromatic heterocycles. The van der Waals surface area contributed by atoms with E-state index in [0.717, 1.165) is 51.2 Å². The second kappa shape index (κ2) is 13.5. The van der Waals surface area contributed by atoms with Crippen molar-refractivity contribution in [2.24, 2.45) is 10.8 Å². The number of rotatable bonds is 14. The molecule has 1 unspecified atom stereocenters. The first kappa shape index (κ1) is 24.4. The Morgan fingerprint density at radius 2 is 1.86 bits per heavy atom. The van der Waals surface area contributed by atoms with Crippen LogP contribution in [0.2, 0.25) is 0 Å². The first-order chi connectivity index (χ1) is 14.0. The Hall–Kier alpha value is -2.63. The van der Waals surface area contributed by atoms with Crippen molar-refractivity contribution in [3.63, 3.8) is 0 Å². The van der Waals surface area contributed by atoms with Crippen LogP contribution in [0.25, 0.3) is 0 Å². The number of benzene rings is 1. The molecule has 0 aliphatic carbocycles. The molecule has 0 bridgehead atoms. The zero-order valence-corrected chi connectivity index (χ0v) is 18.3. The van der Waals surface area contributed by atoms with E-state index in [1.807, 2.05) is 24.3 Å². The summed E-state index contributed by atoms with van der Waals surface area (Å²) < 4.78 is 0. The number of aryl methyl sites for hydroxylation is 1. The number of nitrogens with two attached hydrogens (primary N) is 1. The quantitative estimate of drug-likeness (QED) is 0.0951. The van der Waals surface area contributed by atoms with Crippen LogP contribution in [0, 0.1) is 5.41 Å². The van der Waals surface area contributed by atoms with E-state index in [9.17, 15) is 4.79 Å². The molecule has 0 fully saturated rings. The summed E-state index contributed by atoms with van der Waals surface area (Å²) in [4.78, 5) is 12.0. The van der Waals surface area contributed by atoms with Crippen LogP contribution in [-0.4, -0.2) is 30.9 Å². The second-order valence-corrected chi connectivity index (χ2v) is 7.19. The van der Waals surface area contributed by atoms with Crippen LogP contribution in [0.1, 0.15) is 70.4 Å². The summed E-state index contributed by atoms with van der Waals surface area (Å²) in [6, 6.07) is 7.99. The number of nitrogens with zero attached hydrogens (tertiary/aromatic N) is 1. The average Bonchev–Trinajstić information content (AvgIpc) is 2.73. The molecule has 160 valence electrons. The zero-order valence-electron chi connectivity index (χ0n) is 18.3. The molecule has 6 nitrogen and oxygen atoms in total. The first-order valence-corrected chi connectivity index (χ1v) is 10.7. The molecule has 1 aromatic carbocycles. The third-order valence-corrected chi connectivity index (χ3v) is 4.92. The lowest BCUT2D eigenvalue weighted by Crippen LogP contribution is -2.34. The largest absolute Gasteiger partial charge is 0.382 e. The van der Waals surface area contributed by atoms with Gasteiger partial charge in [0.15, 0.2) is 12.1 Å². The topological polar surface area (TPSA) is 103 Å². The highest BCUT2D eigenvalue weighted by Gasteiger charge is 2.20. The summed E-state index contributed by atoms with van der Waals surface area (Å²) >= 11 is 0. The molecule has 0 radical (unpaired) electrons. The molecule has 1 atom stereocenters. The number of hydrogen-bond donors (Lipinski definition) is 4. The summed E-state index contributed by atoms with van der Waals surface area (Å²) in [5.41, 5.74) is 11.6. The van der Waals surface area contributed by atoms with Crippen molar-refractivity contribution in [3.8, 4) is 0 Å². The van der Waals surface area contributed by atoms with Gasteiger partial charge < -0.3 is 16.5 Å². The van der Waals surface area contributed by atoms with Crippen LogP contribution in [0.3, 0.4) is 0 Å². The van der Waals surface area contributed by atoms with Gasteiger partial charge in [0.05, 0.1) is 17.0 Å². The maximum atomic E-state index is 12.0. The van der Waals surface area contributed by atoms with Crippen LogP contribution in [0.15, 0.2) is 40.6 Å². The van der Waals surface area contributed by atoms with Crippen LogP contribution in [0.4, 0.5) is 0 Å². The van der Waals surface area contributed by atoms with E-state index in [1.165, 1.54) is 5.56 Å². The highest BCUT2D eigenvalue weighted by atomic mass is 16.1. The van der Waals surface area contributed by atoms with Gasteiger partial charge in [0.1, 0.15) is 0 Å². The van der Waals surface area contributed by atoms with Crippen molar-refractivity contribution in [1.29, 1.82) is 5.41 Å². The third-order valence-electron chi connectivity index (χ3n) is 4.92. The van der Waals surface area contributed by atoms with Gasteiger partial charge in [0.25, 0.3) is 0 Å². The van der Waals surface area contributed by atoms with Gasteiger partial charge in [-0.2, -0.15) is 5.10 Å². The van der Waals surface area contributed by atoms with Gasteiger partial charge in [-0.15, -0.1) is 0 Å². The minimum absolute atomic E-state index is 0.119. The van der Waals surface area contributed by atoms with E-state index in [-0.39, 0.29) is 17.6 Å². The Bertz CT molecular complexity index is 706. The average molecular weight is 400 g/mol. The van der Waals surface area contributed by atoms with E-state index in [1.54, 1.807) is 7.05 Å². The van der Waals surface area contributed by atoms with Crippen molar-refractivity contribution in [1.82, 2.24) is 10.7 Å². The predicted octanol–water partition coefficient (Wildman–Crippen LogP) is 3.90. The number of amidine groups is 1. The van der Waals surface area contributed by atoms with E-state index in [4.69, 9.17) is 11.1 Å². The predicted molar refractivity (Wildman–Crippen MR) is 122 cm³/mol. The van der Waals surface area contributed by atoms with Gasteiger partial charge in [-0.3, -0.25) is 10.2 Å². The van der Waals surface area contributed by atoms with Crippen molar-refractivity contribution in [3.05, 3.63) is 46.7 Å². The maximum Gasteiger partial charge on any atom is 0.166 e. The molecule has 0 aliphatic rings. The van der Waals surface area contributed by atoms with Crippen LogP contribution in [0.5, 0.6) is 0 Å². The molecule has 0 amide bonds. The Labute approximate surface area is 175 Å². The Morgan fingerprint density at radius 3 is 2.38 bits per heavy atom. The molecule has 0 aliphatic heterocycles. The summed E-state index contributed by atoms with van der Waals surface area (Å²) in [5, 5.41) is 16.1. The fraction of sp³-hybridized carbons (Fsp3) is 0.522. The van der Waals surface area contributed by atoms with Crippen molar-refractivity contribution in [2.75, 3.05) is 7.05 Å². The molecule has 0 spiro atoms. The molecule has 29 heavy (non-hydrogen) atoms. The Balaban J connectivity index is 3.26. The lowest BCUT2D eigenvalue weighted by molar-refractivity contribution is -0.105. The smallest absolute Gasteiger partial charge is 0.166 e. The van der Waals surface area contributed by atoms with Crippen molar-refractivity contribution < 1.29 is 4.79 Å². The summed E-state index contributed by atoms with van der Waals surface area (Å²) in [6.07, 6.45) is 8.08. The minimum atomic E-state index is 0.119. The fourth-order valence-corrected chi connectivity index (χ4v) is 3.25. The summed E-state index contributed by atoms with van der Waals surface area (Å²) in [7, 11) is 1.64. The normalized spacial score (nSPS) is 13.4. The summed E-state index contributed by atoms with van der Waals surface area (Å²) in [6.45, 7) is 6.40.